The summed E-state index contributed by atoms with van der Waals surface area (Å²) in [4.78, 5) is 4.10. The van der Waals surface area contributed by atoms with E-state index in [1.54, 1.807) is 6.20 Å². The van der Waals surface area contributed by atoms with Gasteiger partial charge in [-0.3, -0.25) is 16.3 Å². The maximum Gasteiger partial charge on any atom is 0.0809 e. The Kier molecular flexibility index (Phi) is 3.30. The first-order valence-corrected chi connectivity index (χ1v) is 5.30. The number of hydrogen-bond acceptors (Lipinski definition) is 4. The fraction of sp³-hybridized carbons (Fsp3) is 0.545. The lowest BCUT2D eigenvalue weighted by Gasteiger charge is -2.25. The van der Waals surface area contributed by atoms with E-state index in [4.69, 9.17) is 10.6 Å². The van der Waals surface area contributed by atoms with E-state index in [-0.39, 0.29) is 12.1 Å². The van der Waals surface area contributed by atoms with Crippen molar-refractivity contribution in [2.45, 2.75) is 25.5 Å². The SMILES string of the molecule is CC1CCOC1C(NN)c1cccnc1. The maximum absolute atomic E-state index is 5.70. The summed E-state index contributed by atoms with van der Waals surface area (Å²) in [6, 6.07) is 3.97. The van der Waals surface area contributed by atoms with Crippen LogP contribution in [-0.2, 0) is 4.74 Å². The number of nitrogens with two attached hydrogens (primary N) is 1. The standard InChI is InChI=1S/C11H17N3O/c1-8-4-6-15-11(8)10(14-12)9-3-2-5-13-7-9/h2-3,5,7-8,10-11,14H,4,6,12H2,1H3. The number of nitrogens with zero attached hydrogens (tertiary/aromatic N) is 1. The van der Waals surface area contributed by atoms with Crippen LogP contribution in [0.3, 0.4) is 0 Å². The van der Waals surface area contributed by atoms with Gasteiger partial charge in [0.05, 0.1) is 12.1 Å². The Labute approximate surface area is 89.8 Å². The maximum atomic E-state index is 5.70. The van der Waals surface area contributed by atoms with Crippen molar-refractivity contribution in [1.29, 1.82) is 0 Å². The molecule has 15 heavy (non-hydrogen) atoms. The topological polar surface area (TPSA) is 60.2 Å². The van der Waals surface area contributed by atoms with E-state index in [9.17, 15) is 0 Å². The Balaban J connectivity index is 2.17. The fourth-order valence-electron chi connectivity index (χ4n) is 2.08. The number of nitrogens with one attached hydrogen (secondary N) is 1. The van der Waals surface area contributed by atoms with Gasteiger partial charge < -0.3 is 4.74 Å². The van der Waals surface area contributed by atoms with E-state index in [0.717, 1.165) is 18.6 Å². The van der Waals surface area contributed by atoms with Gasteiger partial charge in [0.15, 0.2) is 0 Å². The van der Waals surface area contributed by atoms with Crippen molar-refractivity contribution in [1.82, 2.24) is 10.4 Å². The minimum atomic E-state index is 0.0381. The predicted molar refractivity (Wildman–Crippen MR) is 57.8 cm³/mol. The third kappa shape index (κ3) is 2.17. The second-order valence-electron chi connectivity index (χ2n) is 4.03. The van der Waals surface area contributed by atoms with Gasteiger partial charge in [-0.1, -0.05) is 13.0 Å². The molecular weight excluding hydrogens is 190 g/mol. The predicted octanol–water partition coefficient (Wildman–Crippen LogP) is 1.01. The number of hydrazine groups is 1. The summed E-state index contributed by atoms with van der Waals surface area (Å²) >= 11 is 0. The largest absolute Gasteiger partial charge is 0.376 e. The van der Waals surface area contributed by atoms with Crippen LogP contribution in [0.4, 0.5) is 0 Å². The second kappa shape index (κ2) is 4.70. The highest BCUT2D eigenvalue weighted by Gasteiger charge is 2.32. The Bertz CT molecular complexity index is 304. The Morgan fingerprint density at radius 1 is 1.67 bits per heavy atom. The zero-order chi connectivity index (χ0) is 10.7. The molecule has 0 amide bonds. The fourth-order valence-corrected chi connectivity index (χ4v) is 2.08. The summed E-state index contributed by atoms with van der Waals surface area (Å²) in [6.07, 6.45) is 4.84. The van der Waals surface area contributed by atoms with Crippen LogP contribution >= 0.6 is 0 Å². The molecule has 82 valence electrons. The Hall–Kier alpha value is -0.970. The zero-order valence-corrected chi connectivity index (χ0v) is 8.89. The van der Waals surface area contributed by atoms with Crippen LogP contribution in [0, 0.1) is 5.92 Å². The molecule has 1 aromatic rings. The molecule has 0 bridgehead atoms. The van der Waals surface area contributed by atoms with Crippen molar-refractivity contribution < 1.29 is 4.74 Å². The van der Waals surface area contributed by atoms with Gasteiger partial charge in [0, 0.05) is 19.0 Å². The molecule has 1 saturated heterocycles. The minimum absolute atomic E-state index is 0.0381. The molecule has 1 aliphatic heterocycles. The molecule has 2 rings (SSSR count). The second-order valence-corrected chi connectivity index (χ2v) is 4.03. The molecule has 1 fully saturated rings. The monoisotopic (exact) mass is 207 g/mol. The van der Waals surface area contributed by atoms with Gasteiger partial charge in [0.25, 0.3) is 0 Å². The van der Waals surface area contributed by atoms with Crippen molar-refractivity contribution in [2.75, 3.05) is 6.61 Å². The van der Waals surface area contributed by atoms with Crippen LogP contribution < -0.4 is 11.3 Å². The smallest absolute Gasteiger partial charge is 0.0809 e. The molecule has 1 aliphatic rings. The van der Waals surface area contributed by atoms with Gasteiger partial charge >= 0.3 is 0 Å². The number of pyridine rings is 1. The first-order valence-electron chi connectivity index (χ1n) is 5.30. The van der Waals surface area contributed by atoms with E-state index in [1.807, 2.05) is 18.3 Å². The van der Waals surface area contributed by atoms with Gasteiger partial charge in [-0.2, -0.15) is 0 Å². The molecule has 0 saturated carbocycles. The molecule has 4 heteroatoms. The molecule has 0 radical (unpaired) electrons. The normalized spacial score (nSPS) is 27.9. The summed E-state index contributed by atoms with van der Waals surface area (Å²) in [7, 11) is 0. The first kappa shape index (κ1) is 10.5. The highest BCUT2D eigenvalue weighted by Crippen LogP contribution is 2.30. The van der Waals surface area contributed by atoms with E-state index in [0.29, 0.717) is 5.92 Å². The van der Waals surface area contributed by atoms with Gasteiger partial charge in [-0.05, 0) is 24.0 Å². The molecule has 2 heterocycles. The molecular formula is C11H17N3O. The van der Waals surface area contributed by atoms with Gasteiger partial charge in [0.2, 0.25) is 0 Å². The summed E-state index contributed by atoms with van der Waals surface area (Å²) in [5.41, 5.74) is 3.91. The Morgan fingerprint density at radius 3 is 3.07 bits per heavy atom. The zero-order valence-electron chi connectivity index (χ0n) is 8.89. The van der Waals surface area contributed by atoms with Crippen LogP contribution in [0.15, 0.2) is 24.5 Å². The van der Waals surface area contributed by atoms with Crippen LogP contribution in [0.5, 0.6) is 0 Å². The number of aromatic nitrogens is 1. The molecule has 0 aromatic carbocycles. The van der Waals surface area contributed by atoms with Crippen molar-refractivity contribution in [3.8, 4) is 0 Å². The lowest BCUT2D eigenvalue weighted by atomic mass is 9.94. The minimum Gasteiger partial charge on any atom is -0.376 e. The van der Waals surface area contributed by atoms with Crippen molar-refractivity contribution in [3.63, 3.8) is 0 Å². The average Bonchev–Trinajstić information content (AvgIpc) is 2.68. The molecule has 4 nitrogen and oxygen atoms in total. The highest BCUT2D eigenvalue weighted by atomic mass is 16.5. The first-order chi connectivity index (χ1) is 7.33. The third-order valence-electron chi connectivity index (χ3n) is 3.00. The summed E-state index contributed by atoms with van der Waals surface area (Å²) in [5, 5.41) is 0. The lowest BCUT2D eigenvalue weighted by molar-refractivity contribution is 0.0606. The molecule has 3 N–H and O–H groups in total. The molecule has 3 atom stereocenters. The van der Waals surface area contributed by atoms with Gasteiger partial charge in [-0.25, -0.2) is 0 Å². The summed E-state index contributed by atoms with van der Waals surface area (Å²) < 4.78 is 5.70. The third-order valence-corrected chi connectivity index (χ3v) is 3.00. The number of hydrogen-bond donors (Lipinski definition) is 2. The van der Waals surface area contributed by atoms with Gasteiger partial charge in [0.1, 0.15) is 0 Å². The van der Waals surface area contributed by atoms with Crippen LogP contribution in [0.2, 0.25) is 0 Å². The van der Waals surface area contributed by atoms with Crippen LogP contribution in [0.1, 0.15) is 24.9 Å². The van der Waals surface area contributed by atoms with E-state index >= 15 is 0 Å². The van der Waals surface area contributed by atoms with Crippen molar-refractivity contribution in [2.24, 2.45) is 11.8 Å². The molecule has 1 aromatic heterocycles. The number of rotatable bonds is 3. The van der Waals surface area contributed by atoms with Crippen molar-refractivity contribution in [3.05, 3.63) is 30.1 Å². The molecule has 0 aliphatic carbocycles. The average molecular weight is 207 g/mol. The Morgan fingerprint density at radius 2 is 2.53 bits per heavy atom. The summed E-state index contributed by atoms with van der Waals surface area (Å²) in [5.74, 6) is 6.12. The highest BCUT2D eigenvalue weighted by molar-refractivity contribution is 5.16. The van der Waals surface area contributed by atoms with Crippen LogP contribution in [0.25, 0.3) is 0 Å². The van der Waals surface area contributed by atoms with Crippen molar-refractivity contribution >= 4 is 0 Å². The quantitative estimate of drug-likeness (QED) is 0.573. The van der Waals surface area contributed by atoms with Gasteiger partial charge in [-0.15, -0.1) is 0 Å². The number of ether oxygens (including phenoxy) is 1. The van der Waals surface area contributed by atoms with Crippen LogP contribution in [-0.4, -0.2) is 17.7 Å². The van der Waals surface area contributed by atoms with E-state index < -0.39 is 0 Å². The lowest BCUT2D eigenvalue weighted by Crippen LogP contribution is -2.38. The summed E-state index contributed by atoms with van der Waals surface area (Å²) in [6.45, 7) is 3.02. The van der Waals surface area contributed by atoms with E-state index in [2.05, 4.69) is 17.3 Å². The van der Waals surface area contributed by atoms with E-state index in [1.165, 1.54) is 0 Å². The molecule has 0 spiro atoms. The molecule has 3 unspecified atom stereocenters.